The van der Waals surface area contributed by atoms with Crippen molar-refractivity contribution in [1.29, 1.82) is 0 Å². The summed E-state index contributed by atoms with van der Waals surface area (Å²) in [5, 5.41) is -1.59. The third-order valence-corrected chi connectivity index (χ3v) is 2.30. The maximum absolute atomic E-state index is 12.7. The predicted molar refractivity (Wildman–Crippen MR) is 53.7 cm³/mol. The molecule has 0 saturated carbocycles. The van der Waals surface area contributed by atoms with Crippen LogP contribution in [0.25, 0.3) is 10.8 Å². The zero-order valence-electron chi connectivity index (χ0n) is 7.18. The number of rotatable bonds is 1. The molecule has 0 radical (unpaired) electrons. The van der Waals surface area contributed by atoms with Crippen LogP contribution in [0.1, 0.15) is 5.56 Å². The second-order valence-electron chi connectivity index (χ2n) is 3.06. The highest BCUT2D eigenvalue weighted by atomic mass is 35.5. The predicted octanol–water partition coefficient (Wildman–Crippen LogP) is 4.13. The molecule has 0 aliphatic rings. The van der Waals surface area contributed by atoms with Crippen LogP contribution in [0, 0.1) is 0 Å². The summed E-state index contributed by atoms with van der Waals surface area (Å²) in [6, 6.07) is 11.7. The Kier molecular flexibility index (Phi) is 2.16. The van der Waals surface area contributed by atoms with Gasteiger partial charge in [0.25, 0.3) is 0 Å². The van der Waals surface area contributed by atoms with E-state index in [0.717, 1.165) is 10.8 Å². The second kappa shape index (κ2) is 3.21. The van der Waals surface area contributed by atoms with Crippen molar-refractivity contribution in [3.8, 4) is 0 Å². The van der Waals surface area contributed by atoms with E-state index < -0.39 is 5.38 Å². The summed E-state index contributed by atoms with van der Waals surface area (Å²) in [4.78, 5) is 0. The number of alkyl halides is 3. The van der Waals surface area contributed by atoms with Crippen LogP contribution in [0.5, 0.6) is 0 Å². The maximum atomic E-state index is 12.7. The molecule has 2 aromatic rings. The number of fused-ring (bicyclic) bond motifs is 1. The molecule has 0 saturated heterocycles. The molecule has 0 amide bonds. The lowest BCUT2D eigenvalue weighted by Crippen LogP contribution is -2.02. The largest absolute Gasteiger partial charge is 0.348 e. The molecule has 0 fully saturated rings. The third kappa shape index (κ3) is 1.70. The van der Waals surface area contributed by atoms with Crippen molar-refractivity contribution < 1.29 is 8.78 Å². The number of hydrogen-bond donors (Lipinski definition) is 0. The van der Waals surface area contributed by atoms with E-state index in [1.54, 1.807) is 18.2 Å². The van der Waals surface area contributed by atoms with E-state index in [4.69, 9.17) is 11.6 Å². The highest BCUT2D eigenvalue weighted by Gasteiger charge is 2.27. The number of hydrogen-bond acceptors (Lipinski definition) is 0. The summed E-state index contributed by atoms with van der Waals surface area (Å²) < 4.78 is 25.5. The Labute approximate surface area is 85.1 Å². The summed E-state index contributed by atoms with van der Waals surface area (Å²) in [5.74, 6) is 0. The zero-order chi connectivity index (χ0) is 10.2. The van der Waals surface area contributed by atoms with Gasteiger partial charge in [0.05, 0.1) is 0 Å². The van der Waals surface area contributed by atoms with Crippen LogP contribution in [-0.4, -0.2) is 0 Å². The first-order chi connectivity index (χ1) is 6.57. The fraction of sp³-hybridized carbons (Fsp3) is 0.0909. The molecule has 2 aromatic carbocycles. The van der Waals surface area contributed by atoms with Crippen molar-refractivity contribution in [1.82, 2.24) is 0 Å². The summed E-state index contributed by atoms with van der Waals surface area (Å²) in [7, 11) is 0. The minimum absolute atomic E-state index is 0.169. The van der Waals surface area contributed by atoms with E-state index in [1.165, 1.54) is 12.1 Å². The Morgan fingerprint density at radius 2 is 1.57 bits per heavy atom. The van der Waals surface area contributed by atoms with Crippen molar-refractivity contribution >= 4 is 22.4 Å². The van der Waals surface area contributed by atoms with Gasteiger partial charge >= 0.3 is 5.38 Å². The Bertz CT molecular complexity index is 460. The molecule has 3 heteroatoms. The molecule has 0 atom stereocenters. The van der Waals surface area contributed by atoms with Crippen molar-refractivity contribution in [2.75, 3.05) is 0 Å². The number of halogens is 3. The van der Waals surface area contributed by atoms with E-state index in [-0.39, 0.29) is 5.56 Å². The van der Waals surface area contributed by atoms with Gasteiger partial charge in [-0.15, -0.1) is 0 Å². The van der Waals surface area contributed by atoms with Crippen LogP contribution in [0.2, 0.25) is 0 Å². The van der Waals surface area contributed by atoms with Crippen LogP contribution in [0.4, 0.5) is 8.78 Å². The topological polar surface area (TPSA) is 0 Å². The van der Waals surface area contributed by atoms with E-state index in [0.29, 0.717) is 0 Å². The molecular formula is C11H7ClF2. The van der Waals surface area contributed by atoms with Crippen molar-refractivity contribution in [2.45, 2.75) is 5.38 Å². The molecule has 14 heavy (non-hydrogen) atoms. The van der Waals surface area contributed by atoms with E-state index in [9.17, 15) is 8.78 Å². The molecule has 0 aliphatic heterocycles. The monoisotopic (exact) mass is 212 g/mol. The molecule has 72 valence electrons. The van der Waals surface area contributed by atoms with Crippen LogP contribution in [0.3, 0.4) is 0 Å². The van der Waals surface area contributed by atoms with Crippen LogP contribution >= 0.6 is 11.6 Å². The third-order valence-electron chi connectivity index (χ3n) is 2.08. The molecule has 0 spiro atoms. The summed E-state index contributed by atoms with van der Waals surface area (Å²) >= 11 is 4.93. The lowest BCUT2D eigenvalue weighted by molar-refractivity contribution is 0.0953. The van der Waals surface area contributed by atoms with Gasteiger partial charge in [0, 0.05) is 5.56 Å². The van der Waals surface area contributed by atoms with Crippen molar-refractivity contribution in [2.24, 2.45) is 0 Å². The highest BCUT2D eigenvalue weighted by molar-refractivity contribution is 6.21. The first-order valence-corrected chi connectivity index (χ1v) is 4.51. The van der Waals surface area contributed by atoms with Gasteiger partial charge in [-0.25, -0.2) is 0 Å². The van der Waals surface area contributed by atoms with Gasteiger partial charge in [0.2, 0.25) is 0 Å². The molecule has 0 nitrogen and oxygen atoms in total. The average molecular weight is 213 g/mol. The van der Waals surface area contributed by atoms with Gasteiger partial charge in [0.1, 0.15) is 0 Å². The highest BCUT2D eigenvalue weighted by Crippen LogP contribution is 2.33. The van der Waals surface area contributed by atoms with Crippen LogP contribution in [-0.2, 0) is 5.38 Å². The summed E-state index contributed by atoms with van der Waals surface area (Å²) in [5.41, 5.74) is -0.169. The van der Waals surface area contributed by atoms with Crippen LogP contribution in [0.15, 0.2) is 42.5 Å². The lowest BCUT2D eigenvalue weighted by atomic mass is 10.1. The van der Waals surface area contributed by atoms with Gasteiger partial charge in [-0.2, -0.15) is 8.78 Å². The minimum atomic E-state index is -3.29. The molecule has 0 bridgehead atoms. The van der Waals surface area contributed by atoms with Crippen molar-refractivity contribution in [3.05, 3.63) is 48.0 Å². The first kappa shape index (κ1) is 9.41. The quantitative estimate of drug-likeness (QED) is 0.624. The van der Waals surface area contributed by atoms with Gasteiger partial charge in [-0.1, -0.05) is 36.4 Å². The van der Waals surface area contributed by atoms with E-state index in [1.807, 2.05) is 12.1 Å². The van der Waals surface area contributed by atoms with E-state index >= 15 is 0 Å². The van der Waals surface area contributed by atoms with Crippen LogP contribution < -0.4 is 0 Å². The summed E-state index contributed by atoms with van der Waals surface area (Å²) in [6.45, 7) is 0. The Balaban J connectivity index is 2.63. The Morgan fingerprint density at radius 3 is 2.21 bits per heavy atom. The van der Waals surface area contributed by atoms with Crippen molar-refractivity contribution in [3.63, 3.8) is 0 Å². The first-order valence-electron chi connectivity index (χ1n) is 4.13. The molecule has 0 aromatic heterocycles. The smallest absolute Gasteiger partial charge is 0.183 e. The fourth-order valence-electron chi connectivity index (χ4n) is 1.37. The molecule has 0 unspecified atom stereocenters. The standard InChI is InChI=1S/C11H7ClF2/c12-11(13,14)10-6-5-8-3-1-2-4-9(8)7-10/h1-7H. The van der Waals surface area contributed by atoms with E-state index in [2.05, 4.69) is 0 Å². The molecule has 2 rings (SSSR count). The SMILES string of the molecule is FC(F)(Cl)c1ccc2ccccc2c1. The van der Waals surface area contributed by atoms with Gasteiger partial charge in [-0.05, 0) is 28.4 Å². The summed E-state index contributed by atoms with van der Waals surface area (Å²) in [6.07, 6.45) is 0. The molecular weight excluding hydrogens is 206 g/mol. The van der Waals surface area contributed by atoms with Gasteiger partial charge in [0.15, 0.2) is 0 Å². The fourth-order valence-corrected chi connectivity index (χ4v) is 1.48. The molecule has 0 heterocycles. The number of benzene rings is 2. The molecule has 0 N–H and O–H groups in total. The average Bonchev–Trinajstić information content (AvgIpc) is 2.16. The Hall–Kier alpha value is -1.15. The minimum Gasteiger partial charge on any atom is -0.183 e. The second-order valence-corrected chi connectivity index (χ2v) is 3.53. The van der Waals surface area contributed by atoms with Gasteiger partial charge in [-0.3, -0.25) is 0 Å². The molecule has 0 aliphatic carbocycles. The Morgan fingerprint density at radius 1 is 0.929 bits per heavy atom. The van der Waals surface area contributed by atoms with Gasteiger partial charge < -0.3 is 0 Å². The normalized spacial score (nSPS) is 11.9. The zero-order valence-corrected chi connectivity index (χ0v) is 7.93. The lowest BCUT2D eigenvalue weighted by Gasteiger charge is -2.08. The maximum Gasteiger partial charge on any atom is 0.348 e.